The van der Waals surface area contributed by atoms with Gasteiger partial charge in [0.25, 0.3) is 0 Å². The van der Waals surface area contributed by atoms with E-state index in [2.05, 4.69) is 31.2 Å². The highest BCUT2D eigenvalue weighted by molar-refractivity contribution is 4.68. The van der Waals surface area contributed by atoms with Crippen molar-refractivity contribution in [3.05, 3.63) is 0 Å². The first-order valence-electron chi connectivity index (χ1n) is 5.07. The van der Waals surface area contributed by atoms with Gasteiger partial charge in [-0.25, -0.2) is 0 Å². The molecule has 13 heavy (non-hydrogen) atoms. The van der Waals surface area contributed by atoms with E-state index in [9.17, 15) is 0 Å². The van der Waals surface area contributed by atoms with Gasteiger partial charge >= 0.3 is 0 Å². The summed E-state index contributed by atoms with van der Waals surface area (Å²) >= 11 is 0. The maximum Gasteiger partial charge on any atom is 0.0462 e. The lowest BCUT2D eigenvalue weighted by Gasteiger charge is -2.21. The molecule has 0 aliphatic rings. The molecule has 0 amide bonds. The van der Waals surface area contributed by atoms with Gasteiger partial charge in [-0.3, -0.25) is 0 Å². The third-order valence-corrected chi connectivity index (χ3v) is 1.98. The topological polar surface area (TPSA) is 24.5 Å². The van der Waals surface area contributed by atoms with Crippen LogP contribution in [0.4, 0.5) is 0 Å². The molecule has 0 heterocycles. The zero-order valence-corrected chi connectivity index (χ0v) is 9.47. The number of ether oxygens (including phenoxy) is 1. The van der Waals surface area contributed by atoms with E-state index < -0.39 is 0 Å². The van der Waals surface area contributed by atoms with Crippen LogP contribution in [-0.2, 0) is 4.74 Å². The molecular formula is C10H24N2O. The molecule has 0 fully saturated rings. The molecule has 0 bridgehead atoms. The molecule has 0 saturated heterocycles. The monoisotopic (exact) mass is 188 g/mol. The molecule has 1 unspecified atom stereocenters. The zero-order chi connectivity index (χ0) is 10.1. The second-order valence-corrected chi connectivity index (χ2v) is 3.65. The van der Waals surface area contributed by atoms with Gasteiger partial charge in [-0.2, -0.15) is 0 Å². The molecule has 0 aromatic rings. The molecule has 80 valence electrons. The summed E-state index contributed by atoms with van der Waals surface area (Å²) in [6.45, 7) is 5.18. The Bertz CT molecular complexity index is 107. The van der Waals surface area contributed by atoms with E-state index in [4.69, 9.17) is 4.74 Å². The molecule has 0 aliphatic heterocycles. The number of rotatable bonds is 8. The molecule has 0 saturated carbocycles. The predicted molar refractivity (Wildman–Crippen MR) is 57.1 cm³/mol. The van der Waals surface area contributed by atoms with Gasteiger partial charge in [-0.15, -0.1) is 0 Å². The molecule has 3 heteroatoms. The molecule has 0 radical (unpaired) electrons. The highest BCUT2D eigenvalue weighted by Crippen LogP contribution is 1.98. The smallest absolute Gasteiger partial charge is 0.0462 e. The Morgan fingerprint density at radius 1 is 1.38 bits per heavy atom. The Morgan fingerprint density at radius 2 is 2.08 bits per heavy atom. The van der Waals surface area contributed by atoms with Crippen molar-refractivity contribution in [2.75, 3.05) is 40.9 Å². The Balaban J connectivity index is 3.53. The van der Waals surface area contributed by atoms with Crippen LogP contribution in [0.3, 0.4) is 0 Å². The largest absolute Gasteiger partial charge is 0.385 e. The van der Waals surface area contributed by atoms with E-state index in [1.807, 2.05) is 0 Å². The summed E-state index contributed by atoms with van der Waals surface area (Å²) in [5, 5.41) is 3.48. The fraction of sp³-hybridized carbons (Fsp3) is 1.00. The van der Waals surface area contributed by atoms with E-state index in [1.54, 1.807) is 7.11 Å². The first-order chi connectivity index (χ1) is 6.20. The van der Waals surface area contributed by atoms with Crippen molar-refractivity contribution < 1.29 is 4.74 Å². The first-order valence-corrected chi connectivity index (χ1v) is 5.07. The fourth-order valence-electron chi connectivity index (χ4n) is 1.46. The highest BCUT2D eigenvalue weighted by atomic mass is 16.5. The Hall–Kier alpha value is -0.120. The summed E-state index contributed by atoms with van der Waals surface area (Å²) in [5.41, 5.74) is 0. The van der Waals surface area contributed by atoms with Gasteiger partial charge in [0.15, 0.2) is 0 Å². The third-order valence-electron chi connectivity index (χ3n) is 1.98. The van der Waals surface area contributed by atoms with Crippen LogP contribution in [0.25, 0.3) is 0 Å². The quantitative estimate of drug-likeness (QED) is 0.574. The van der Waals surface area contributed by atoms with Crippen LogP contribution in [0, 0.1) is 0 Å². The van der Waals surface area contributed by atoms with Gasteiger partial charge in [0, 0.05) is 26.3 Å². The second kappa shape index (κ2) is 8.48. The minimum absolute atomic E-state index is 0.607. The van der Waals surface area contributed by atoms with E-state index in [-0.39, 0.29) is 0 Å². The Kier molecular flexibility index (Phi) is 8.40. The Labute approximate surface area is 82.4 Å². The minimum atomic E-state index is 0.607. The molecular weight excluding hydrogens is 164 g/mol. The molecule has 0 aromatic carbocycles. The standard InChI is InChI=1S/C10H24N2O/c1-5-11-10(9-12(2)3)7-6-8-13-4/h10-11H,5-9H2,1-4H3. The third kappa shape index (κ3) is 8.22. The van der Waals surface area contributed by atoms with E-state index >= 15 is 0 Å². The van der Waals surface area contributed by atoms with Crippen molar-refractivity contribution >= 4 is 0 Å². The van der Waals surface area contributed by atoms with Gasteiger partial charge in [0.05, 0.1) is 0 Å². The number of nitrogens with one attached hydrogen (secondary N) is 1. The number of hydrogen-bond donors (Lipinski definition) is 1. The van der Waals surface area contributed by atoms with Crippen molar-refractivity contribution in [3.63, 3.8) is 0 Å². The molecule has 0 aliphatic carbocycles. The lowest BCUT2D eigenvalue weighted by molar-refractivity contribution is 0.186. The van der Waals surface area contributed by atoms with E-state index in [1.165, 1.54) is 6.42 Å². The van der Waals surface area contributed by atoms with Crippen LogP contribution >= 0.6 is 0 Å². The summed E-state index contributed by atoms with van der Waals surface area (Å²) in [6, 6.07) is 0.607. The van der Waals surface area contributed by atoms with Gasteiger partial charge in [-0.05, 0) is 33.5 Å². The first kappa shape index (κ1) is 12.9. The molecule has 0 rings (SSSR count). The van der Waals surface area contributed by atoms with E-state index in [0.717, 1.165) is 26.1 Å². The van der Waals surface area contributed by atoms with Crippen molar-refractivity contribution in [2.45, 2.75) is 25.8 Å². The zero-order valence-electron chi connectivity index (χ0n) is 9.47. The van der Waals surface area contributed by atoms with Gasteiger partial charge in [0.1, 0.15) is 0 Å². The fourth-order valence-corrected chi connectivity index (χ4v) is 1.46. The summed E-state index contributed by atoms with van der Waals surface area (Å²) in [6.07, 6.45) is 2.34. The number of methoxy groups -OCH3 is 1. The summed E-state index contributed by atoms with van der Waals surface area (Å²) in [4.78, 5) is 2.22. The van der Waals surface area contributed by atoms with Gasteiger partial charge < -0.3 is 15.0 Å². The van der Waals surface area contributed by atoms with E-state index in [0.29, 0.717) is 6.04 Å². The van der Waals surface area contributed by atoms with Crippen LogP contribution in [0.15, 0.2) is 0 Å². The van der Waals surface area contributed by atoms with Crippen LogP contribution in [-0.4, -0.2) is 51.8 Å². The summed E-state index contributed by atoms with van der Waals surface area (Å²) < 4.78 is 5.03. The summed E-state index contributed by atoms with van der Waals surface area (Å²) in [7, 11) is 5.98. The summed E-state index contributed by atoms with van der Waals surface area (Å²) in [5.74, 6) is 0. The average molecular weight is 188 g/mol. The lowest BCUT2D eigenvalue weighted by atomic mass is 10.1. The normalized spacial score (nSPS) is 13.6. The second-order valence-electron chi connectivity index (χ2n) is 3.65. The SMILES string of the molecule is CCNC(CCCOC)CN(C)C. The van der Waals surface area contributed by atoms with Crippen LogP contribution in [0.5, 0.6) is 0 Å². The van der Waals surface area contributed by atoms with Crippen molar-refractivity contribution in [2.24, 2.45) is 0 Å². The van der Waals surface area contributed by atoms with Gasteiger partial charge in [-0.1, -0.05) is 6.92 Å². The van der Waals surface area contributed by atoms with Crippen LogP contribution in [0.2, 0.25) is 0 Å². The predicted octanol–water partition coefficient (Wildman–Crippen LogP) is 0.953. The van der Waals surface area contributed by atoms with Gasteiger partial charge in [0.2, 0.25) is 0 Å². The molecule has 1 atom stereocenters. The maximum absolute atomic E-state index is 5.03. The molecule has 0 spiro atoms. The van der Waals surface area contributed by atoms with Crippen LogP contribution in [0.1, 0.15) is 19.8 Å². The number of likely N-dealkylation sites (N-methyl/N-ethyl adjacent to an activating group) is 2. The molecule has 0 aromatic heterocycles. The number of hydrogen-bond acceptors (Lipinski definition) is 3. The Morgan fingerprint density at radius 3 is 2.54 bits per heavy atom. The number of nitrogens with zero attached hydrogens (tertiary/aromatic N) is 1. The van der Waals surface area contributed by atoms with Crippen molar-refractivity contribution in [1.82, 2.24) is 10.2 Å². The molecule has 3 nitrogen and oxygen atoms in total. The lowest BCUT2D eigenvalue weighted by Crippen LogP contribution is -2.38. The average Bonchev–Trinajstić information content (AvgIpc) is 2.04. The minimum Gasteiger partial charge on any atom is -0.385 e. The highest BCUT2D eigenvalue weighted by Gasteiger charge is 2.07. The van der Waals surface area contributed by atoms with Crippen LogP contribution < -0.4 is 5.32 Å². The van der Waals surface area contributed by atoms with Crippen molar-refractivity contribution in [3.8, 4) is 0 Å². The maximum atomic E-state index is 5.03. The van der Waals surface area contributed by atoms with Crippen molar-refractivity contribution in [1.29, 1.82) is 0 Å². The molecule has 1 N–H and O–H groups in total.